The minimum Gasteiger partial charge on any atom is -0.465 e. The summed E-state index contributed by atoms with van der Waals surface area (Å²) < 4.78 is 4.61. The van der Waals surface area contributed by atoms with E-state index in [0.717, 1.165) is 0 Å². The van der Waals surface area contributed by atoms with Gasteiger partial charge in [0.05, 0.1) is 36.5 Å². The summed E-state index contributed by atoms with van der Waals surface area (Å²) in [7, 11) is 1.28. The number of nitrogens with zero attached hydrogens (tertiary/aromatic N) is 4. The standard InChI is InChI=1S/C12H13N5O4/c1-21-12(20)6-2-3-7-8(4-6)15-16-10(7)11(19)9(18)5-14-17-13/h2-4,9,11,18-19H,5H2,1H3,(H,15,16). The van der Waals surface area contributed by atoms with E-state index in [2.05, 4.69) is 25.0 Å². The molecule has 1 aromatic carbocycles. The zero-order valence-electron chi connectivity index (χ0n) is 11.1. The van der Waals surface area contributed by atoms with E-state index in [-0.39, 0.29) is 12.2 Å². The number of H-pyrrole nitrogens is 1. The zero-order valence-corrected chi connectivity index (χ0v) is 11.1. The monoisotopic (exact) mass is 291 g/mol. The molecule has 0 saturated heterocycles. The first-order valence-corrected chi connectivity index (χ1v) is 6.01. The molecule has 0 spiro atoms. The van der Waals surface area contributed by atoms with Crippen LogP contribution in [0.25, 0.3) is 21.3 Å². The maximum atomic E-state index is 11.4. The third-order valence-electron chi connectivity index (χ3n) is 3.00. The minimum atomic E-state index is -1.29. The summed E-state index contributed by atoms with van der Waals surface area (Å²) in [5.74, 6) is -0.495. The van der Waals surface area contributed by atoms with Crippen molar-refractivity contribution in [1.29, 1.82) is 0 Å². The first-order chi connectivity index (χ1) is 10.1. The number of aromatic amines is 1. The van der Waals surface area contributed by atoms with Gasteiger partial charge in [0.25, 0.3) is 0 Å². The van der Waals surface area contributed by atoms with Crippen molar-refractivity contribution in [2.24, 2.45) is 5.11 Å². The van der Waals surface area contributed by atoms with Crippen LogP contribution < -0.4 is 0 Å². The highest BCUT2D eigenvalue weighted by Crippen LogP contribution is 2.25. The van der Waals surface area contributed by atoms with Gasteiger partial charge in [0.1, 0.15) is 6.10 Å². The van der Waals surface area contributed by atoms with Gasteiger partial charge in [-0.15, -0.1) is 0 Å². The second-order valence-corrected chi connectivity index (χ2v) is 4.29. The van der Waals surface area contributed by atoms with E-state index in [0.29, 0.717) is 16.5 Å². The molecule has 9 heteroatoms. The van der Waals surface area contributed by atoms with E-state index in [1.54, 1.807) is 6.07 Å². The van der Waals surface area contributed by atoms with Crippen LogP contribution in [-0.2, 0) is 4.74 Å². The third-order valence-corrected chi connectivity index (χ3v) is 3.00. The van der Waals surface area contributed by atoms with Crippen molar-refractivity contribution in [3.05, 3.63) is 39.9 Å². The molecule has 9 nitrogen and oxygen atoms in total. The Morgan fingerprint density at radius 1 is 1.57 bits per heavy atom. The Balaban J connectivity index is 2.33. The van der Waals surface area contributed by atoms with Gasteiger partial charge in [0.15, 0.2) is 0 Å². The van der Waals surface area contributed by atoms with Crippen LogP contribution in [0, 0.1) is 0 Å². The SMILES string of the molecule is COC(=O)c1ccc2c(C(O)C(O)CN=[N+]=[N-])[nH]nc2c1. The summed E-state index contributed by atoms with van der Waals surface area (Å²) in [5.41, 5.74) is 9.26. The Labute approximate surface area is 118 Å². The molecule has 2 rings (SSSR count). The number of aliphatic hydroxyl groups is 2. The van der Waals surface area contributed by atoms with Crippen LogP contribution in [0.1, 0.15) is 22.2 Å². The maximum Gasteiger partial charge on any atom is 0.337 e. The number of carbonyl (C=O) groups is 1. The van der Waals surface area contributed by atoms with E-state index in [1.165, 1.54) is 19.2 Å². The number of aliphatic hydroxyl groups excluding tert-OH is 2. The Morgan fingerprint density at radius 2 is 2.33 bits per heavy atom. The molecule has 0 bridgehead atoms. The number of methoxy groups -OCH3 is 1. The maximum absolute atomic E-state index is 11.4. The molecule has 0 radical (unpaired) electrons. The molecule has 1 heterocycles. The van der Waals surface area contributed by atoms with E-state index in [9.17, 15) is 15.0 Å². The van der Waals surface area contributed by atoms with Gasteiger partial charge in [-0.1, -0.05) is 5.11 Å². The average Bonchev–Trinajstić information content (AvgIpc) is 2.93. The number of nitrogens with one attached hydrogen (secondary N) is 1. The fourth-order valence-electron chi connectivity index (χ4n) is 1.92. The van der Waals surface area contributed by atoms with Gasteiger partial charge >= 0.3 is 5.97 Å². The van der Waals surface area contributed by atoms with Gasteiger partial charge in [-0.05, 0) is 23.7 Å². The van der Waals surface area contributed by atoms with Gasteiger partial charge < -0.3 is 14.9 Å². The van der Waals surface area contributed by atoms with Crippen molar-refractivity contribution >= 4 is 16.9 Å². The van der Waals surface area contributed by atoms with Gasteiger partial charge in [0.2, 0.25) is 0 Å². The van der Waals surface area contributed by atoms with Crippen LogP contribution in [-0.4, -0.2) is 46.1 Å². The minimum absolute atomic E-state index is 0.265. The predicted molar refractivity (Wildman–Crippen MR) is 72.4 cm³/mol. The molecule has 2 atom stereocenters. The lowest BCUT2D eigenvalue weighted by atomic mass is 10.1. The number of hydrogen-bond donors (Lipinski definition) is 3. The fourth-order valence-corrected chi connectivity index (χ4v) is 1.92. The largest absolute Gasteiger partial charge is 0.465 e. The highest BCUT2D eigenvalue weighted by Gasteiger charge is 2.22. The summed E-state index contributed by atoms with van der Waals surface area (Å²) >= 11 is 0. The topological polar surface area (TPSA) is 144 Å². The predicted octanol–water partition coefficient (Wildman–Crippen LogP) is 1.05. The number of esters is 1. The molecule has 0 aliphatic heterocycles. The molecule has 0 aliphatic carbocycles. The number of benzene rings is 1. The first-order valence-electron chi connectivity index (χ1n) is 6.01. The van der Waals surface area contributed by atoms with Crippen molar-refractivity contribution in [2.75, 3.05) is 13.7 Å². The van der Waals surface area contributed by atoms with Crippen LogP contribution >= 0.6 is 0 Å². The molecule has 0 fully saturated rings. The Kier molecular flexibility index (Phi) is 4.39. The number of azide groups is 1. The smallest absolute Gasteiger partial charge is 0.337 e. The van der Waals surface area contributed by atoms with Crippen LogP contribution in [0.4, 0.5) is 0 Å². The summed E-state index contributed by atoms with van der Waals surface area (Å²) in [6.07, 6.45) is -2.55. The second-order valence-electron chi connectivity index (χ2n) is 4.29. The van der Waals surface area contributed by atoms with Crippen LogP contribution in [0.5, 0.6) is 0 Å². The summed E-state index contributed by atoms with van der Waals surface area (Å²) in [5, 5.41) is 30.1. The molecule has 2 unspecified atom stereocenters. The van der Waals surface area contributed by atoms with Crippen molar-refractivity contribution in [2.45, 2.75) is 12.2 Å². The summed E-state index contributed by atoms with van der Waals surface area (Å²) in [6.45, 7) is -0.265. The van der Waals surface area contributed by atoms with Crippen molar-refractivity contribution in [1.82, 2.24) is 10.2 Å². The lowest BCUT2D eigenvalue weighted by Crippen LogP contribution is -2.21. The van der Waals surface area contributed by atoms with E-state index >= 15 is 0 Å². The normalized spacial score (nSPS) is 13.5. The molecular formula is C12H13N5O4. The quantitative estimate of drug-likeness (QED) is 0.326. The third kappa shape index (κ3) is 2.95. The second kappa shape index (κ2) is 6.23. The van der Waals surface area contributed by atoms with Crippen molar-refractivity contribution < 1.29 is 19.7 Å². The van der Waals surface area contributed by atoms with E-state index < -0.39 is 18.2 Å². The van der Waals surface area contributed by atoms with Gasteiger partial charge in [0, 0.05) is 10.3 Å². The lowest BCUT2D eigenvalue weighted by molar-refractivity contribution is 0.0226. The number of hydrogen-bond acceptors (Lipinski definition) is 6. The average molecular weight is 291 g/mol. The number of aromatic nitrogens is 2. The first kappa shape index (κ1) is 14.8. The zero-order chi connectivity index (χ0) is 15.4. The molecule has 110 valence electrons. The molecule has 2 aromatic rings. The summed E-state index contributed by atoms with van der Waals surface area (Å²) in [4.78, 5) is 13.9. The molecule has 0 amide bonds. The number of rotatable bonds is 5. The summed E-state index contributed by atoms with van der Waals surface area (Å²) in [6, 6.07) is 4.62. The Hall–Kier alpha value is -2.61. The van der Waals surface area contributed by atoms with Gasteiger partial charge in [-0.2, -0.15) is 5.10 Å². The lowest BCUT2D eigenvalue weighted by Gasteiger charge is -2.14. The van der Waals surface area contributed by atoms with Crippen LogP contribution in [0.3, 0.4) is 0 Å². The molecule has 0 aliphatic rings. The van der Waals surface area contributed by atoms with Crippen molar-refractivity contribution in [3.63, 3.8) is 0 Å². The number of carbonyl (C=O) groups excluding carboxylic acids is 1. The molecule has 3 N–H and O–H groups in total. The van der Waals surface area contributed by atoms with Crippen LogP contribution in [0.15, 0.2) is 23.3 Å². The number of fused-ring (bicyclic) bond motifs is 1. The Morgan fingerprint density at radius 3 is 3.00 bits per heavy atom. The van der Waals surface area contributed by atoms with Gasteiger partial charge in [-0.3, -0.25) is 5.10 Å². The Bertz CT molecular complexity index is 707. The highest BCUT2D eigenvalue weighted by atomic mass is 16.5. The van der Waals surface area contributed by atoms with Gasteiger partial charge in [-0.25, -0.2) is 4.79 Å². The van der Waals surface area contributed by atoms with Crippen LogP contribution in [0.2, 0.25) is 0 Å². The molecule has 1 aromatic heterocycles. The highest BCUT2D eigenvalue weighted by molar-refractivity contribution is 5.94. The van der Waals surface area contributed by atoms with E-state index in [4.69, 9.17) is 5.53 Å². The molecule has 0 saturated carbocycles. The molecular weight excluding hydrogens is 278 g/mol. The van der Waals surface area contributed by atoms with Crippen molar-refractivity contribution in [3.8, 4) is 0 Å². The van der Waals surface area contributed by atoms with E-state index in [1.807, 2.05) is 0 Å². The fraction of sp³-hybridized carbons (Fsp3) is 0.333. The number of ether oxygens (including phenoxy) is 1. The molecule has 21 heavy (non-hydrogen) atoms.